The highest BCUT2D eigenvalue weighted by Crippen LogP contribution is 2.52. The first kappa shape index (κ1) is 21.0. The van der Waals surface area contributed by atoms with Gasteiger partial charge in [0.2, 0.25) is 0 Å². The lowest BCUT2D eigenvalue weighted by Gasteiger charge is -2.28. The van der Waals surface area contributed by atoms with Crippen LogP contribution >= 0.6 is 0 Å². The minimum Gasteiger partial charge on any atom is -0.481 e. The molecular weight excluding hydrogens is 420 g/mol. The van der Waals surface area contributed by atoms with E-state index in [4.69, 9.17) is 15.6 Å². The van der Waals surface area contributed by atoms with Crippen molar-refractivity contribution in [1.29, 1.82) is 0 Å². The van der Waals surface area contributed by atoms with Crippen LogP contribution in [0.4, 0.5) is 5.69 Å². The molecule has 0 bridgehead atoms. The van der Waals surface area contributed by atoms with E-state index >= 15 is 0 Å². The van der Waals surface area contributed by atoms with Gasteiger partial charge in [0, 0.05) is 23.0 Å². The molecule has 3 aromatic carbocycles. The fourth-order valence-corrected chi connectivity index (χ4v) is 5.16. The van der Waals surface area contributed by atoms with Crippen LogP contribution in [0.2, 0.25) is 0 Å². The molecule has 1 saturated carbocycles. The largest absolute Gasteiger partial charge is 0.481 e. The van der Waals surface area contributed by atoms with Crippen LogP contribution in [0.25, 0.3) is 10.8 Å². The van der Waals surface area contributed by atoms with Gasteiger partial charge in [-0.05, 0) is 53.8 Å². The van der Waals surface area contributed by atoms with E-state index in [1.165, 1.54) is 0 Å². The third-order valence-electron chi connectivity index (χ3n) is 6.58. The molecule has 1 fully saturated rings. The van der Waals surface area contributed by atoms with Crippen molar-refractivity contribution in [2.24, 2.45) is 11.7 Å². The first-order valence-electron chi connectivity index (χ1n) is 11.0. The van der Waals surface area contributed by atoms with E-state index in [2.05, 4.69) is 0 Å². The van der Waals surface area contributed by atoms with Crippen LogP contribution in [0.3, 0.4) is 0 Å². The average molecular weight is 444 g/mol. The number of ether oxygens (including phenoxy) is 1. The maximum atomic E-state index is 12.8. The number of anilines is 1. The summed E-state index contributed by atoms with van der Waals surface area (Å²) in [6.45, 7) is -0.425. The highest BCUT2D eigenvalue weighted by atomic mass is 16.5. The first-order valence-corrected chi connectivity index (χ1v) is 11.0. The van der Waals surface area contributed by atoms with Gasteiger partial charge in [0.05, 0.1) is 0 Å². The molecule has 2 atom stereocenters. The highest BCUT2D eigenvalue weighted by molar-refractivity contribution is 6.40. The van der Waals surface area contributed by atoms with Gasteiger partial charge in [-0.25, -0.2) is 4.79 Å². The minimum atomic E-state index is -1.04. The molecule has 1 aliphatic carbocycles. The van der Waals surface area contributed by atoms with Crippen molar-refractivity contribution in [3.8, 4) is 5.75 Å². The molecule has 5 rings (SSSR count). The molecule has 1 aliphatic heterocycles. The molecule has 33 heavy (non-hydrogen) atoms. The molecule has 2 unspecified atom stereocenters. The molecule has 7 nitrogen and oxygen atoms in total. The van der Waals surface area contributed by atoms with Crippen LogP contribution in [0.15, 0.2) is 60.7 Å². The fraction of sp³-hybridized carbons (Fsp3) is 0.269. The monoisotopic (exact) mass is 444 g/mol. The number of rotatable bonds is 6. The summed E-state index contributed by atoms with van der Waals surface area (Å²) in [7, 11) is 0. The van der Waals surface area contributed by atoms with E-state index in [1.807, 2.05) is 54.6 Å². The summed E-state index contributed by atoms with van der Waals surface area (Å²) < 4.78 is 5.61. The molecule has 3 N–H and O–H groups in total. The van der Waals surface area contributed by atoms with Crippen molar-refractivity contribution >= 4 is 34.2 Å². The number of nitrogens with zero attached hydrogens (tertiary/aromatic N) is 1. The van der Waals surface area contributed by atoms with E-state index in [1.54, 1.807) is 11.0 Å². The summed E-state index contributed by atoms with van der Waals surface area (Å²) in [6.07, 6.45) is 2.62. The number of benzene rings is 3. The van der Waals surface area contributed by atoms with Gasteiger partial charge in [-0.3, -0.25) is 14.5 Å². The van der Waals surface area contributed by atoms with Gasteiger partial charge in [-0.1, -0.05) is 48.5 Å². The molecule has 168 valence electrons. The molecule has 2 amide bonds. The number of carboxylic acid groups (broad SMARTS) is 1. The van der Waals surface area contributed by atoms with Gasteiger partial charge in [0.25, 0.3) is 0 Å². The minimum absolute atomic E-state index is 0.0184. The first-order chi connectivity index (χ1) is 16.0. The van der Waals surface area contributed by atoms with Gasteiger partial charge in [-0.2, -0.15) is 0 Å². The number of carbonyl (C=O) groups excluding carboxylic acids is 2. The lowest BCUT2D eigenvalue weighted by atomic mass is 9.85. The number of fused-ring (bicyclic) bond motifs is 2. The number of para-hydroxylation sites is 1. The third kappa shape index (κ3) is 3.80. The predicted octanol–water partition coefficient (Wildman–Crippen LogP) is 3.24. The Kier molecular flexibility index (Phi) is 5.24. The van der Waals surface area contributed by atoms with Gasteiger partial charge >= 0.3 is 17.8 Å². The molecule has 2 aliphatic rings. The number of primary amides is 1. The smallest absolute Gasteiger partial charge is 0.341 e. The van der Waals surface area contributed by atoms with Crippen molar-refractivity contribution in [1.82, 2.24) is 0 Å². The molecular formula is C26H24N2O5. The van der Waals surface area contributed by atoms with E-state index in [9.17, 15) is 14.4 Å². The van der Waals surface area contributed by atoms with Crippen LogP contribution in [0.5, 0.6) is 5.75 Å². The lowest BCUT2D eigenvalue weighted by Crippen LogP contribution is -2.46. The zero-order chi connectivity index (χ0) is 23.1. The lowest BCUT2D eigenvalue weighted by molar-refractivity contribution is -0.139. The van der Waals surface area contributed by atoms with E-state index in [-0.39, 0.29) is 12.0 Å². The summed E-state index contributed by atoms with van der Waals surface area (Å²) in [6, 6.07) is 19.1. The zero-order valence-corrected chi connectivity index (χ0v) is 17.9. The van der Waals surface area contributed by atoms with Crippen LogP contribution in [-0.4, -0.2) is 35.5 Å². The third-order valence-corrected chi connectivity index (χ3v) is 6.58. The maximum Gasteiger partial charge on any atom is 0.341 e. The second kappa shape index (κ2) is 8.24. The van der Waals surface area contributed by atoms with Crippen molar-refractivity contribution in [2.75, 3.05) is 11.5 Å². The number of aliphatic carboxylic acids is 1. The molecule has 3 aromatic rings. The summed E-state index contributed by atoms with van der Waals surface area (Å²) in [5.41, 5.74) is 8.18. The summed E-state index contributed by atoms with van der Waals surface area (Å²) >= 11 is 0. The molecule has 0 aromatic heterocycles. The van der Waals surface area contributed by atoms with Crippen molar-refractivity contribution in [2.45, 2.75) is 31.2 Å². The highest BCUT2D eigenvalue weighted by Gasteiger charge is 2.49. The van der Waals surface area contributed by atoms with Crippen LogP contribution in [0.1, 0.15) is 29.9 Å². The molecule has 0 spiro atoms. The number of amides is 2. The van der Waals surface area contributed by atoms with E-state index < -0.39 is 24.4 Å². The Bertz CT molecular complexity index is 1260. The standard InChI is InChI=1S/C26H24N2O5/c27-25(31)26(32)28-20-9-2-1-8-18(20)19(24(28)16-11-12-16)13-17-7-3-5-15-6-4-10-21(23(15)17)33-14-22(29)30/h1-10,16,19,24H,11-14H2,(H2,27,31)(H,29,30). The summed E-state index contributed by atoms with van der Waals surface area (Å²) in [5, 5.41) is 10.9. The summed E-state index contributed by atoms with van der Waals surface area (Å²) in [5.74, 6) is -1.86. The Morgan fingerprint density at radius 2 is 1.73 bits per heavy atom. The van der Waals surface area contributed by atoms with Crippen molar-refractivity contribution < 1.29 is 24.2 Å². The number of hydrogen-bond acceptors (Lipinski definition) is 4. The second-order valence-corrected chi connectivity index (χ2v) is 8.69. The quantitative estimate of drug-likeness (QED) is 0.567. The van der Waals surface area contributed by atoms with Gasteiger partial charge in [0.1, 0.15) is 5.75 Å². The van der Waals surface area contributed by atoms with Gasteiger partial charge < -0.3 is 15.6 Å². The SMILES string of the molecule is NC(=O)C(=O)N1c2ccccc2C(Cc2cccc3cccc(OCC(=O)O)c23)C1C1CC1. The Labute approximate surface area is 190 Å². The van der Waals surface area contributed by atoms with Crippen LogP contribution in [-0.2, 0) is 20.8 Å². The number of carbonyl (C=O) groups is 3. The Hall–Kier alpha value is -3.87. The Morgan fingerprint density at radius 3 is 2.42 bits per heavy atom. The molecule has 7 heteroatoms. The number of carboxylic acids is 1. The molecule has 0 saturated heterocycles. The van der Waals surface area contributed by atoms with Crippen LogP contribution < -0.4 is 15.4 Å². The summed E-state index contributed by atoms with van der Waals surface area (Å²) in [4.78, 5) is 37.4. The van der Waals surface area contributed by atoms with Crippen molar-refractivity contribution in [3.63, 3.8) is 0 Å². The number of nitrogens with two attached hydrogens (primary N) is 1. The van der Waals surface area contributed by atoms with Crippen molar-refractivity contribution in [3.05, 3.63) is 71.8 Å². The average Bonchev–Trinajstić information content (AvgIpc) is 3.60. The van der Waals surface area contributed by atoms with E-state index in [0.29, 0.717) is 18.1 Å². The van der Waals surface area contributed by atoms with Crippen LogP contribution in [0, 0.1) is 5.92 Å². The predicted molar refractivity (Wildman–Crippen MR) is 123 cm³/mol. The zero-order valence-electron chi connectivity index (χ0n) is 17.9. The normalized spacial score (nSPS) is 19.3. The Morgan fingerprint density at radius 1 is 1.00 bits per heavy atom. The maximum absolute atomic E-state index is 12.8. The second-order valence-electron chi connectivity index (χ2n) is 8.69. The molecule has 0 radical (unpaired) electrons. The Balaban J connectivity index is 1.59. The van der Waals surface area contributed by atoms with Gasteiger partial charge in [-0.15, -0.1) is 0 Å². The number of hydrogen-bond donors (Lipinski definition) is 2. The van der Waals surface area contributed by atoms with Gasteiger partial charge in [0.15, 0.2) is 6.61 Å². The fourth-order valence-electron chi connectivity index (χ4n) is 5.16. The van der Waals surface area contributed by atoms with E-state index in [0.717, 1.165) is 40.4 Å². The molecule has 1 heterocycles. The topological polar surface area (TPSA) is 110 Å².